The van der Waals surface area contributed by atoms with E-state index < -0.39 is 72.2 Å². The minimum Gasteiger partial charge on any atom is -0.461 e. The molecule has 0 aromatic carbocycles. The van der Waals surface area contributed by atoms with Crippen LogP contribution >= 0.6 is 0 Å². The van der Waals surface area contributed by atoms with Crippen LogP contribution in [0.2, 0.25) is 0 Å². The number of carbonyl (C=O) groups is 1. The van der Waals surface area contributed by atoms with E-state index in [1.165, 1.54) is 0 Å². The van der Waals surface area contributed by atoms with Crippen LogP contribution in [0.1, 0.15) is 6.42 Å². The molecule has 0 heterocycles. The lowest BCUT2D eigenvalue weighted by atomic mass is 9.88. The molecule has 0 rings (SSSR count). The van der Waals surface area contributed by atoms with E-state index in [0.717, 1.165) is 6.07 Å². The minimum absolute atomic E-state index is 0.921. The zero-order valence-electron chi connectivity index (χ0n) is 15.3. The molecule has 0 aliphatic rings. The Morgan fingerprint density at radius 2 is 0.971 bits per heavy atom. The summed E-state index contributed by atoms with van der Waals surface area (Å²) in [5.74, 6) is -59.1. The van der Waals surface area contributed by atoms with Gasteiger partial charge in [-0.2, -0.15) is 79.9 Å². The molecule has 0 amide bonds. The maximum Gasteiger partial charge on any atom is 0.460 e. The van der Waals surface area contributed by atoms with Gasteiger partial charge in [0.05, 0.1) is 13.0 Å². The zero-order valence-corrected chi connectivity index (χ0v) is 15.3. The average molecular weight is 543 g/mol. The van der Waals surface area contributed by atoms with Gasteiger partial charge >= 0.3 is 53.6 Å². The van der Waals surface area contributed by atoms with Gasteiger partial charge in [0.15, 0.2) is 0 Å². The molecule has 0 N–H and O–H groups in total. The van der Waals surface area contributed by atoms with Crippen molar-refractivity contribution in [1.82, 2.24) is 0 Å². The number of rotatable bonds is 10. The molecule has 0 aliphatic heterocycles. The first-order chi connectivity index (χ1) is 14.6. The third-order valence-electron chi connectivity index (χ3n) is 3.82. The monoisotopic (exact) mass is 543 g/mol. The lowest BCUT2D eigenvalue weighted by Crippen LogP contribution is -2.74. The molecule has 0 saturated carbocycles. The first kappa shape index (κ1) is 31.5. The summed E-state index contributed by atoms with van der Waals surface area (Å²) in [4.78, 5) is 10.9. The Bertz CT molecular complexity index is 836. The van der Waals surface area contributed by atoms with E-state index in [2.05, 4.69) is 11.3 Å². The van der Waals surface area contributed by atoms with E-state index in [-0.39, 0.29) is 0 Å². The highest BCUT2D eigenvalue weighted by atomic mass is 19.4. The van der Waals surface area contributed by atoms with Gasteiger partial charge in [-0.15, -0.1) is 0 Å². The summed E-state index contributed by atoms with van der Waals surface area (Å²) in [7, 11) is 0. The zero-order chi connectivity index (χ0) is 28.0. The fourth-order valence-electron chi connectivity index (χ4n) is 1.76. The molecule has 0 spiro atoms. The van der Waals surface area contributed by atoms with Crippen molar-refractivity contribution in [3.05, 3.63) is 12.2 Å². The highest BCUT2D eigenvalue weighted by Crippen LogP contribution is 2.64. The van der Waals surface area contributed by atoms with Crippen LogP contribution < -0.4 is 0 Å². The van der Waals surface area contributed by atoms with Crippen LogP contribution in [0, 0.1) is 11.3 Å². The largest absolute Gasteiger partial charge is 0.461 e. The minimum atomic E-state index is -8.71. The molecule has 3 nitrogen and oxygen atoms in total. The molecule has 34 heavy (non-hydrogen) atoms. The molecule has 0 aliphatic carbocycles. The normalized spacial score (nSPS) is 15.1. The van der Waals surface area contributed by atoms with Gasteiger partial charge in [-0.25, -0.2) is 4.79 Å². The van der Waals surface area contributed by atoms with E-state index >= 15 is 0 Å². The van der Waals surface area contributed by atoms with E-state index in [0.29, 0.717) is 0 Å². The maximum absolute atomic E-state index is 13.5. The van der Waals surface area contributed by atoms with Crippen molar-refractivity contribution in [2.75, 3.05) is 6.61 Å². The topological polar surface area (TPSA) is 50.1 Å². The van der Waals surface area contributed by atoms with Gasteiger partial charge in [0.1, 0.15) is 11.6 Å². The van der Waals surface area contributed by atoms with Crippen molar-refractivity contribution in [3.63, 3.8) is 0 Å². The summed E-state index contributed by atoms with van der Waals surface area (Å²) in [6.07, 6.45) is -10.8. The molecule has 0 saturated heterocycles. The fourth-order valence-corrected chi connectivity index (χ4v) is 1.76. The molecule has 20 heteroatoms. The quantitative estimate of drug-likeness (QED) is 0.147. The van der Waals surface area contributed by atoms with Crippen LogP contribution in [0.3, 0.4) is 0 Å². The highest BCUT2D eigenvalue weighted by molar-refractivity contribution is 5.91. The van der Waals surface area contributed by atoms with Crippen LogP contribution in [0.15, 0.2) is 12.2 Å². The third-order valence-corrected chi connectivity index (χ3v) is 3.82. The smallest absolute Gasteiger partial charge is 0.460 e. The second-order valence-electron chi connectivity index (χ2n) is 6.12. The van der Waals surface area contributed by atoms with E-state index in [4.69, 9.17) is 5.26 Å². The summed E-state index contributed by atoms with van der Waals surface area (Å²) in [6.45, 7) is 0.473. The van der Waals surface area contributed by atoms with Gasteiger partial charge in [0.2, 0.25) is 0 Å². The predicted octanol–water partition coefficient (Wildman–Crippen LogP) is 6.01. The molecule has 0 atom stereocenters. The SMILES string of the molecule is C=C(C#N)C(=O)OCCC(F)(F)C(F)(F)C(F)(F)C(F)(F)C(F)(F)C(F)(F)C(F)(F)C(F)(F)F. The van der Waals surface area contributed by atoms with Crippen molar-refractivity contribution in [2.45, 2.75) is 54.1 Å². The van der Waals surface area contributed by atoms with Gasteiger partial charge in [-0.1, -0.05) is 6.58 Å². The Labute approximate surface area is 175 Å². The number of alkyl halides is 17. The average Bonchev–Trinajstić information content (AvgIpc) is 2.64. The third kappa shape index (κ3) is 4.44. The summed E-state index contributed by atoms with van der Waals surface area (Å²) >= 11 is 0. The number of hydrogen-bond acceptors (Lipinski definition) is 3. The second-order valence-corrected chi connectivity index (χ2v) is 6.12. The van der Waals surface area contributed by atoms with Gasteiger partial charge in [0, 0.05) is 0 Å². The van der Waals surface area contributed by atoms with Gasteiger partial charge < -0.3 is 4.74 Å². The Morgan fingerprint density at radius 1 is 0.647 bits per heavy atom. The number of carbonyl (C=O) groups excluding carboxylic acids is 1. The van der Waals surface area contributed by atoms with Gasteiger partial charge in [-0.3, -0.25) is 0 Å². The van der Waals surface area contributed by atoms with Crippen LogP contribution in [-0.2, 0) is 9.53 Å². The van der Waals surface area contributed by atoms with Crippen LogP contribution in [-0.4, -0.2) is 60.2 Å². The van der Waals surface area contributed by atoms with Gasteiger partial charge in [-0.05, 0) is 0 Å². The number of nitrogens with zero attached hydrogens (tertiary/aromatic N) is 1. The number of hydrogen-bond donors (Lipinski definition) is 0. The molecular formula is C14H6F17NO2. The van der Waals surface area contributed by atoms with Crippen molar-refractivity contribution < 1.29 is 84.2 Å². The van der Waals surface area contributed by atoms with E-state index in [9.17, 15) is 79.4 Å². The molecule has 0 fully saturated rings. The van der Waals surface area contributed by atoms with Crippen molar-refractivity contribution in [1.29, 1.82) is 5.26 Å². The predicted molar refractivity (Wildman–Crippen MR) is 71.0 cm³/mol. The summed E-state index contributed by atoms with van der Waals surface area (Å²) in [5.41, 5.74) is -1.19. The Balaban J connectivity index is 6.33. The van der Waals surface area contributed by atoms with Crippen LogP contribution in [0.4, 0.5) is 74.6 Å². The van der Waals surface area contributed by atoms with Crippen molar-refractivity contribution in [3.8, 4) is 6.07 Å². The fraction of sp³-hybridized carbons (Fsp3) is 0.714. The summed E-state index contributed by atoms with van der Waals surface area (Å²) in [6, 6.07) is 0.921. The number of nitriles is 1. The standard InChI is InChI=1S/C14H6F17NO2/c1-5(4-32)6(33)34-3-2-7(15,16)8(17,18)9(19,20)10(21,22)11(23,24)12(25,26)13(27,28)14(29,30)31/h1-3H2. The number of esters is 1. The van der Waals surface area contributed by atoms with E-state index in [1.54, 1.807) is 0 Å². The molecular weight excluding hydrogens is 537 g/mol. The Kier molecular flexibility index (Phi) is 7.99. The molecule has 0 bridgehead atoms. The lowest BCUT2D eigenvalue weighted by molar-refractivity contribution is -0.461. The summed E-state index contributed by atoms with van der Waals surface area (Å²) < 4.78 is 225. The molecule has 0 radical (unpaired) electrons. The number of halogens is 17. The number of ether oxygens (including phenoxy) is 1. The molecule has 0 aromatic heterocycles. The van der Waals surface area contributed by atoms with E-state index in [1.807, 2.05) is 0 Å². The Morgan fingerprint density at radius 3 is 1.29 bits per heavy atom. The first-order valence-electron chi connectivity index (χ1n) is 7.59. The Hall–Kier alpha value is -2.49. The van der Waals surface area contributed by atoms with Gasteiger partial charge in [0.25, 0.3) is 0 Å². The van der Waals surface area contributed by atoms with Crippen molar-refractivity contribution >= 4 is 5.97 Å². The summed E-state index contributed by atoms with van der Waals surface area (Å²) in [5, 5.41) is 8.18. The molecule has 198 valence electrons. The highest BCUT2D eigenvalue weighted by Gasteiger charge is 2.95. The first-order valence-corrected chi connectivity index (χ1v) is 7.59. The van der Waals surface area contributed by atoms with Crippen LogP contribution in [0.5, 0.6) is 0 Å². The van der Waals surface area contributed by atoms with Crippen LogP contribution in [0.25, 0.3) is 0 Å². The second kappa shape index (κ2) is 8.62. The maximum atomic E-state index is 13.5. The molecule has 0 unspecified atom stereocenters. The van der Waals surface area contributed by atoms with Crippen molar-refractivity contribution in [2.24, 2.45) is 0 Å². The molecule has 0 aromatic rings. The lowest BCUT2D eigenvalue weighted by Gasteiger charge is -2.42.